The number of benzene rings is 2. The van der Waals surface area contributed by atoms with Crippen molar-refractivity contribution in [1.29, 1.82) is 0 Å². The smallest absolute Gasteiger partial charge is 0.357 e. The van der Waals surface area contributed by atoms with Gasteiger partial charge >= 0.3 is 5.97 Å². The van der Waals surface area contributed by atoms with Crippen LogP contribution >= 0.6 is 11.3 Å². The number of anilines is 1. The largest absolute Gasteiger partial charge is 0.493 e. The van der Waals surface area contributed by atoms with Crippen molar-refractivity contribution in [1.82, 2.24) is 4.98 Å². The SMILES string of the molecule is COC(=O)c1nc(C2CCCCC2)ccc1-c1cc2c(cc1C(=O)Nc1ccc(CN)cc1)-c1sccc1CCO2. The molecule has 1 saturated carbocycles. The van der Waals surface area contributed by atoms with E-state index in [4.69, 9.17) is 20.2 Å². The fraction of sp³-hybridized carbons (Fsp3) is 0.303. The minimum Gasteiger partial charge on any atom is -0.493 e. The number of carbonyl (C=O) groups excluding carboxylic acids is 2. The standard InChI is InChI=1S/C33H33N3O4S/c1-39-33(38)30-24(11-12-28(36-30)21-5-3-2-4-6-21)25-18-29-27(31-22(13-15-40-29)14-16-41-31)17-26(25)32(37)35-23-9-7-20(19-34)8-10-23/h7-12,14,16-18,21H,2-6,13,15,19,34H2,1H3,(H,35,37). The Hall–Kier alpha value is -4.01. The number of nitrogens with two attached hydrogens (primary N) is 1. The summed E-state index contributed by atoms with van der Waals surface area (Å²) in [4.78, 5) is 33.0. The zero-order valence-corrected chi connectivity index (χ0v) is 23.9. The molecule has 41 heavy (non-hydrogen) atoms. The number of methoxy groups -OCH3 is 1. The summed E-state index contributed by atoms with van der Waals surface area (Å²) in [6, 6.07) is 17.2. The lowest BCUT2D eigenvalue weighted by Gasteiger charge is -2.22. The molecule has 4 aromatic rings. The van der Waals surface area contributed by atoms with Gasteiger partial charge in [-0.3, -0.25) is 4.79 Å². The quantitative estimate of drug-likeness (QED) is 0.244. The highest BCUT2D eigenvalue weighted by molar-refractivity contribution is 7.13. The number of nitrogens with zero attached hydrogens (tertiary/aromatic N) is 1. The van der Waals surface area contributed by atoms with E-state index in [9.17, 15) is 9.59 Å². The maximum atomic E-state index is 13.9. The molecule has 0 unspecified atom stereocenters. The molecule has 2 aliphatic rings. The summed E-state index contributed by atoms with van der Waals surface area (Å²) >= 11 is 1.63. The van der Waals surface area contributed by atoms with E-state index in [0.29, 0.717) is 47.2 Å². The molecule has 2 aromatic heterocycles. The number of amides is 1. The average molecular weight is 568 g/mol. The van der Waals surface area contributed by atoms with Crippen LogP contribution in [-0.2, 0) is 17.7 Å². The summed E-state index contributed by atoms with van der Waals surface area (Å²) in [5.74, 6) is 0.168. The molecular weight excluding hydrogens is 534 g/mol. The van der Waals surface area contributed by atoms with Crippen LogP contribution < -0.4 is 15.8 Å². The number of aromatic nitrogens is 1. The highest BCUT2D eigenvalue weighted by atomic mass is 32.1. The maximum Gasteiger partial charge on any atom is 0.357 e. The Kier molecular flexibility index (Phi) is 7.85. The summed E-state index contributed by atoms with van der Waals surface area (Å²) in [6.07, 6.45) is 6.44. The van der Waals surface area contributed by atoms with E-state index >= 15 is 0 Å². The zero-order valence-electron chi connectivity index (χ0n) is 23.1. The molecule has 1 amide bonds. The van der Waals surface area contributed by atoms with Gasteiger partial charge in [0.15, 0.2) is 5.69 Å². The third-order valence-electron chi connectivity index (χ3n) is 8.04. The predicted molar refractivity (Wildman–Crippen MR) is 162 cm³/mol. The van der Waals surface area contributed by atoms with Crippen LogP contribution in [0.25, 0.3) is 21.6 Å². The zero-order chi connectivity index (χ0) is 28.3. The van der Waals surface area contributed by atoms with Gasteiger partial charge in [-0.15, -0.1) is 11.3 Å². The Bertz CT molecular complexity index is 1590. The van der Waals surface area contributed by atoms with Crippen LogP contribution in [0.2, 0.25) is 0 Å². The molecule has 7 nitrogen and oxygen atoms in total. The van der Waals surface area contributed by atoms with Crippen LogP contribution in [-0.4, -0.2) is 30.6 Å². The van der Waals surface area contributed by atoms with Gasteiger partial charge in [0.25, 0.3) is 5.91 Å². The number of nitrogens with one attached hydrogen (secondary N) is 1. The van der Waals surface area contributed by atoms with Gasteiger partial charge in [0.05, 0.1) is 13.7 Å². The van der Waals surface area contributed by atoms with Crippen molar-refractivity contribution in [2.45, 2.75) is 51.0 Å². The molecule has 3 heterocycles. The van der Waals surface area contributed by atoms with Gasteiger partial charge in [-0.05, 0) is 65.7 Å². The van der Waals surface area contributed by atoms with Crippen molar-refractivity contribution >= 4 is 28.9 Å². The molecule has 210 valence electrons. The lowest BCUT2D eigenvalue weighted by molar-refractivity contribution is 0.0594. The first-order chi connectivity index (χ1) is 20.1. The summed E-state index contributed by atoms with van der Waals surface area (Å²) in [5, 5.41) is 5.10. The average Bonchev–Trinajstić information content (AvgIpc) is 3.42. The molecule has 0 bridgehead atoms. The molecule has 0 radical (unpaired) electrons. The van der Waals surface area contributed by atoms with Crippen LogP contribution in [0.4, 0.5) is 5.69 Å². The van der Waals surface area contributed by atoms with E-state index in [2.05, 4.69) is 16.8 Å². The van der Waals surface area contributed by atoms with Crippen molar-refractivity contribution in [3.8, 4) is 27.3 Å². The molecule has 0 spiro atoms. The Morgan fingerprint density at radius 2 is 1.83 bits per heavy atom. The number of ether oxygens (including phenoxy) is 2. The Balaban J connectivity index is 1.49. The van der Waals surface area contributed by atoms with Gasteiger partial charge in [0.1, 0.15) is 5.75 Å². The highest BCUT2D eigenvalue weighted by Crippen LogP contribution is 2.44. The normalized spacial score (nSPS) is 14.8. The van der Waals surface area contributed by atoms with Gasteiger partial charge in [0, 0.05) is 57.4 Å². The van der Waals surface area contributed by atoms with Gasteiger partial charge in [-0.2, -0.15) is 0 Å². The molecule has 3 N–H and O–H groups in total. The number of rotatable bonds is 6. The molecule has 1 aliphatic carbocycles. The van der Waals surface area contributed by atoms with Crippen molar-refractivity contribution in [3.63, 3.8) is 0 Å². The van der Waals surface area contributed by atoms with Crippen molar-refractivity contribution < 1.29 is 19.1 Å². The summed E-state index contributed by atoms with van der Waals surface area (Å²) < 4.78 is 11.4. The van der Waals surface area contributed by atoms with E-state index < -0.39 is 5.97 Å². The number of pyridine rings is 1. The number of esters is 1. The Labute approximate surface area is 243 Å². The fourth-order valence-electron chi connectivity index (χ4n) is 5.82. The van der Waals surface area contributed by atoms with E-state index in [-0.39, 0.29) is 11.6 Å². The number of thiophene rings is 1. The van der Waals surface area contributed by atoms with Crippen LogP contribution in [0.1, 0.15) is 75.7 Å². The van der Waals surface area contributed by atoms with Crippen LogP contribution in [0.3, 0.4) is 0 Å². The van der Waals surface area contributed by atoms with Crippen LogP contribution in [0, 0.1) is 0 Å². The number of fused-ring (bicyclic) bond motifs is 3. The number of carbonyl (C=O) groups is 2. The van der Waals surface area contributed by atoms with Crippen LogP contribution in [0.5, 0.6) is 5.75 Å². The van der Waals surface area contributed by atoms with Crippen molar-refractivity contribution in [2.24, 2.45) is 5.73 Å². The third-order valence-corrected chi connectivity index (χ3v) is 9.03. The van der Waals surface area contributed by atoms with E-state index in [1.54, 1.807) is 11.3 Å². The first-order valence-corrected chi connectivity index (χ1v) is 15.0. The highest BCUT2D eigenvalue weighted by Gasteiger charge is 2.27. The summed E-state index contributed by atoms with van der Waals surface area (Å²) in [6.45, 7) is 0.949. The second-order valence-corrected chi connectivity index (χ2v) is 11.5. The molecule has 2 aromatic carbocycles. The van der Waals surface area contributed by atoms with E-state index in [1.165, 1.54) is 19.1 Å². The van der Waals surface area contributed by atoms with E-state index in [0.717, 1.165) is 53.8 Å². The molecule has 0 saturated heterocycles. The Morgan fingerprint density at radius 3 is 2.59 bits per heavy atom. The van der Waals surface area contributed by atoms with Gasteiger partial charge < -0.3 is 20.5 Å². The monoisotopic (exact) mass is 567 g/mol. The molecule has 1 fully saturated rings. The number of hydrogen-bond donors (Lipinski definition) is 2. The molecule has 8 heteroatoms. The number of hydrogen-bond acceptors (Lipinski definition) is 7. The van der Waals surface area contributed by atoms with E-state index in [1.807, 2.05) is 48.5 Å². The van der Waals surface area contributed by atoms with Crippen molar-refractivity contribution in [3.05, 3.63) is 88.1 Å². The Morgan fingerprint density at radius 1 is 1.02 bits per heavy atom. The fourth-order valence-corrected chi connectivity index (χ4v) is 6.80. The van der Waals surface area contributed by atoms with Gasteiger partial charge in [0.2, 0.25) is 0 Å². The third kappa shape index (κ3) is 5.49. The maximum absolute atomic E-state index is 13.9. The lowest BCUT2D eigenvalue weighted by atomic mass is 9.86. The van der Waals surface area contributed by atoms with Gasteiger partial charge in [-0.25, -0.2) is 9.78 Å². The summed E-state index contributed by atoms with van der Waals surface area (Å²) in [7, 11) is 1.36. The minimum atomic E-state index is -0.530. The molecule has 0 atom stereocenters. The second kappa shape index (κ2) is 11.8. The van der Waals surface area contributed by atoms with Gasteiger partial charge in [-0.1, -0.05) is 37.5 Å². The minimum absolute atomic E-state index is 0.210. The molecule has 1 aliphatic heterocycles. The van der Waals surface area contributed by atoms with Crippen molar-refractivity contribution in [2.75, 3.05) is 19.0 Å². The lowest BCUT2D eigenvalue weighted by Crippen LogP contribution is -2.16. The topological polar surface area (TPSA) is 104 Å². The predicted octanol–water partition coefficient (Wildman–Crippen LogP) is 6.96. The summed E-state index contributed by atoms with van der Waals surface area (Å²) in [5.41, 5.74) is 12.1. The second-order valence-electron chi connectivity index (χ2n) is 10.6. The first kappa shape index (κ1) is 27.2. The van der Waals surface area contributed by atoms with Crippen LogP contribution in [0.15, 0.2) is 60.0 Å². The first-order valence-electron chi connectivity index (χ1n) is 14.1. The molecule has 6 rings (SSSR count). The molecular formula is C33H33N3O4S.